The zero-order valence-corrected chi connectivity index (χ0v) is 15.5. The summed E-state index contributed by atoms with van der Waals surface area (Å²) in [7, 11) is 0. The lowest BCUT2D eigenvalue weighted by Gasteiger charge is -2.19. The minimum Gasteiger partial charge on any atom is -0.494 e. The first-order chi connectivity index (χ1) is 12.3. The van der Waals surface area contributed by atoms with Crippen LogP contribution in [0.4, 0.5) is 0 Å². The summed E-state index contributed by atoms with van der Waals surface area (Å²) >= 11 is 0. The molecular formula is C22H31NO2. The SMILES string of the molecule is CCCCCOc1ccc(CC(CN)c2ccccc2OCC)cc1. The molecule has 2 rings (SSSR count). The second kappa shape index (κ2) is 10.8. The molecule has 0 aliphatic carbocycles. The molecule has 0 fully saturated rings. The van der Waals surface area contributed by atoms with Gasteiger partial charge in [-0.25, -0.2) is 0 Å². The van der Waals surface area contributed by atoms with Gasteiger partial charge in [-0.1, -0.05) is 50.1 Å². The molecule has 136 valence electrons. The summed E-state index contributed by atoms with van der Waals surface area (Å²) in [5.41, 5.74) is 8.51. The summed E-state index contributed by atoms with van der Waals surface area (Å²) in [4.78, 5) is 0. The molecule has 3 heteroatoms. The molecule has 2 aromatic carbocycles. The second-order valence-corrected chi connectivity index (χ2v) is 6.31. The van der Waals surface area contributed by atoms with Crippen molar-refractivity contribution in [3.05, 3.63) is 59.7 Å². The number of hydrogen-bond donors (Lipinski definition) is 1. The Bertz CT molecular complexity index is 610. The molecule has 3 nitrogen and oxygen atoms in total. The Hall–Kier alpha value is -2.00. The summed E-state index contributed by atoms with van der Waals surface area (Å²) in [5.74, 6) is 2.13. The van der Waals surface area contributed by atoms with Crippen LogP contribution in [0.1, 0.15) is 50.2 Å². The van der Waals surface area contributed by atoms with Crippen LogP contribution in [0.5, 0.6) is 11.5 Å². The largest absolute Gasteiger partial charge is 0.494 e. The average Bonchev–Trinajstić information content (AvgIpc) is 2.65. The van der Waals surface area contributed by atoms with Crippen LogP contribution in [-0.4, -0.2) is 19.8 Å². The lowest BCUT2D eigenvalue weighted by atomic mass is 9.91. The van der Waals surface area contributed by atoms with Gasteiger partial charge in [0.05, 0.1) is 13.2 Å². The number of nitrogens with two attached hydrogens (primary N) is 1. The molecule has 2 aromatic rings. The Kier molecular flexibility index (Phi) is 8.33. The van der Waals surface area contributed by atoms with Gasteiger partial charge in [-0.15, -0.1) is 0 Å². The maximum Gasteiger partial charge on any atom is 0.122 e. The Morgan fingerprint density at radius 1 is 0.920 bits per heavy atom. The standard InChI is InChI=1S/C22H31NO2/c1-3-5-8-15-25-20-13-11-18(12-14-20)16-19(17-23)21-9-6-7-10-22(21)24-4-2/h6-7,9-14,19H,3-5,8,15-17,23H2,1-2H3. The van der Waals surface area contributed by atoms with Crippen LogP contribution in [-0.2, 0) is 6.42 Å². The molecule has 2 N–H and O–H groups in total. The Morgan fingerprint density at radius 3 is 2.36 bits per heavy atom. The summed E-state index contributed by atoms with van der Waals surface area (Å²) < 4.78 is 11.6. The molecule has 0 radical (unpaired) electrons. The average molecular weight is 341 g/mol. The van der Waals surface area contributed by atoms with E-state index in [0.717, 1.165) is 30.9 Å². The third kappa shape index (κ3) is 6.09. The monoisotopic (exact) mass is 341 g/mol. The van der Waals surface area contributed by atoms with E-state index in [1.54, 1.807) is 0 Å². The minimum atomic E-state index is 0.249. The van der Waals surface area contributed by atoms with Crippen molar-refractivity contribution < 1.29 is 9.47 Å². The topological polar surface area (TPSA) is 44.5 Å². The maximum atomic E-state index is 6.06. The molecule has 1 unspecified atom stereocenters. The van der Waals surface area contributed by atoms with Crippen molar-refractivity contribution >= 4 is 0 Å². The lowest BCUT2D eigenvalue weighted by Crippen LogP contribution is -2.16. The molecule has 0 spiro atoms. The van der Waals surface area contributed by atoms with Gasteiger partial charge in [0, 0.05) is 5.92 Å². The molecule has 0 aliphatic rings. The molecule has 0 saturated heterocycles. The van der Waals surface area contributed by atoms with Crippen molar-refractivity contribution in [1.82, 2.24) is 0 Å². The van der Waals surface area contributed by atoms with Crippen molar-refractivity contribution in [2.45, 2.75) is 45.4 Å². The molecule has 0 heterocycles. The number of rotatable bonds is 11. The first-order valence-electron chi connectivity index (χ1n) is 9.42. The van der Waals surface area contributed by atoms with Gasteiger partial charge in [-0.2, -0.15) is 0 Å². The number of hydrogen-bond acceptors (Lipinski definition) is 3. The first kappa shape index (κ1) is 19.3. The molecule has 0 saturated carbocycles. The Balaban J connectivity index is 1.99. The molecule has 1 atom stereocenters. The molecule has 25 heavy (non-hydrogen) atoms. The number of benzene rings is 2. The van der Waals surface area contributed by atoms with Gasteiger partial charge in [0.15, 0.2) is 0 Å². The highest BCUT2D eigenvalue weighted by atomic mass is 16.5. The molecule has 0 amide bonds. The van der Waals surface area contributed by atoms with E-state index in [1.807, 2.05) is 25.1 Å². The fraction of sp³-hybridized carbons (Fsp3) is 0.455. The van der Waals surface area contributed by atoms with E-state index in [4.69, 9.17) is 15.2 Å². The summed E-state index contributed by atoms with van der Waals surface area (Å²) in [5, 5.41) is 0. The van der Waals surface area contributed by atoms with Gasteiger partial charge in [-0.3, -0.25) is 0 Å². The van der Waals surface area contributed by atoms with Gasteiger partial charge >= 0.3 is 0 Å². The summed E-state index contributed by atoms with van der Waals surface area (Å²) in [6.07, 6.45) is 4.44. The van der Waals surface area contributed by atoms with Crippen LogP contribution in [0.15, 0.2) is 48.5 Å². The highest BCUT2D eigenvalue weighted by molar-refractivity contribution is 5.38. The normalized spacial score (nSPS) is 12.0. The van der Waals surface area contributed by atoms with Crippen LogP contribution in [0.3, 0.4) is 0 Å². The molecular weight excluding hydrogens is 310 g/mol. The highest BCUT2D eigenvalue weighted by Gasteiger charge is 2.15. The van der Waals surface area contributed by atoms with Gasteiger partial charge < -0.3 is 15.2 Å². The van der Waals surface area contributed by atoms with Gasteiger partial charge in [0.1, 0.15) is 11.5 Å². The maximum absolute atomic E-state index is 6.06. The predicted octanol–water partition coefficient (Wildman–Crippen LogP) is 4.94. The van der Waals surface area contributed by atoms with Crippen LogP contribution >= 0.6 is 0 Å². The third-order valence-corrected chi connectivity index (χ3v) is 4.37. The second-order valence-electron chi connectivity index (χ2n) is 6.31. The molecule has 0 aromatic heterocycles. The molecule has 0 aliphatic heterocycles. The van der Waals surface area contributed by atoms with Crippen LogP contribution in [0, 0.1) is 0 Å². The van der Waals surface area contributed by atoms with E-state index in [-0.39, 0.29) is 5.92 Å². The Morgan fingerprint density at radius 2 is 1.68 bits per heavy atom. The third-order valence-electron chi connectivity index (χ3n) is 4.37. The quantitative estimate of drug-likeness (QED) is 0.589. The highest BCUT2D eigenvalue weighted by Crippen LogP contribution is 2.29. The minimum absolute atomic E-state index is 0.249. The predicted molar refractivity (Wildman–Crippen MR) is 105 cm³/mol. The number of para-hydroxylation sites is 1. The van der Waals surface area contributed by atoms with E-state index in [9.17, 15) is 0 Å². The van der Waals surface area contributed by atoms with E-state index < -0.39 is 0 Å². The Labute approximate surface area is 152 Å². The van der Waals surface area contributed by atoms with Gasteiger partial charge in [0.25, 0.3) is 0 Å². The first-order valence-corrected chi connectivity index (χ1v) is 9.42. The van der Waals surface area contributed by atoms with Gasteiger partial charge in [0.2, 0.25) is 0 Å². The fourth-order valence-electron chi connectivity index (χ4n) is 2.97. The van der Waals surface area contributed by atoms with Crippen LogP contribution < -0.4 is 15.2 Å². The van der Waals surface area contributed by atoms with Crippen LogP contribution in [0.25, 0.3) is 0 Å². The zero-order chi connectivity index (χ0) is 17.9. The van der Waals surface area contributed by atoms with Crippen molar-refractivity contribution in [2.24, 2.45) is 5.73 Å². The number of unbranched alkanes of at least 4 members (excludes halogenated alkanes) is 2. The van der Waals surface area contributed by atoms with E-state index in [1.165, 1.54) is 24.0 Å². The van der Waals surface area contributed by atoms with Crippen molar-refractivity contribution in [2.75, 3.05) is 19.8 Å². The van der Waals surface area contributed by atoms with Crippen molar-refractivity contribution in [3.8, 4) is 11.5 Å². The smallest absolute Gasteiger partial charge is 0.122 e. The van der Waals surface area contributed by atoms with E-state index in [2.05, 4.69) is 37.3 Å². The van der Waals surface area contributed by atoms with E-state index >= 15 is 0 Å². The summed E-state index contributed by atoms with van der Waals surface area (Å²) in [6.45, 7) is 6.26. The van der Waals surface area contributed by atoms with Crippen molar-refractivity contribution in [1.29, 1.82) is 0 Å². The summed E-state index contributed by atoms with van der Waals surface area (Å²) in [6, 6.07) is 16.6. The zero-order valence-electron chi connectivity index (χ0n) is 15.5. The molecule has 0 bridgehead atoms. The van der Waals surface area contributed by atoms with Gasteiger partial charge in [-0.05, 0) is 55.6 Å². The van der Waals surface area contributed by atoms with Crippen molar-refractivity contribution in [3.63, 3.8) is 0 Å². The van der Waals surface area contributed by atoms with E-state index in [0.29, 0.717) is 13.2 Å². The van der Waals surface area contributed by atoms with Crippen LogP contribution in [0.2, 0.25) is 0 Å². The number of ether oxygens (including phenoxy) is 2. The fourth-order valence-corrected chi connectivity index (χ4v) is 2.97. The lowest BCUT2D eigenvalue weighted by molar-refractivity contribution is 0.306.